The lowest BCUT2D eigenvalue weighted by Crippen LogP contribution is -2.21. The molecule has 7 heteroatoms. The molecular weight excluding hydrogens is 410 g/mol. The molecule has 0 amide bonds. The van der Waals surface area contributed by atoms with E-state index in [1.165, 1.54) is 25.4 Å². The van der Waals surface area contributed by atoms with Gasteiger partial charge in [0.25, 0.3) is 0 Å². The summed E-state index contributed by atoms with van der Waals surface area (Å²) in [6, 6.07) is 10.1. The van der Waals surface area contributed by atoms with Crippen LogP contribution in [0.15, 0.2) is 60.8 Å². The second kappa shape index (κ2) is 8.34. The highest BCUT2D eigenvalue weighted by molar-refractivity contribution is 6.02. The second-order valence-corrected chi connectivity index (χ2v) is 7.25. The van der Waals surface area contributed by atoms with Gasteiger partial charge in [-0.3, -0.25) is 4.79 Å². The van der Waals surface area contributed by atoms with E-state index in [0.29, 0.717) is 35.6 Å². The van der Waals surface area contributed by atoms with Crippen molar-refractivity contribution in [2.45, 2.75) is 12.3 Å². The van der Waals surface area contributed by atoms with Crippen molar-refractivity contribution >= 4 is 11.4 Å². The SMILES string of the molecule is COc1ncccc1C1CC(c2ccc(F)cc2)=CC1C(=O)c1c(F)cc(F)cc1F. The Morgan fingerprint density at radius 1 is 1.00 bits per heavy atom. The van der Waals surface area contributed by atoms with Crippen LogP contribution < -0.4 is 4.74 Å². The first-order valence-electron chi connectivity index (χ1n) is 9.53. The number of pyridine rings is 1. The summed E-state index contributed by atoms with van der Waals surface area (Å²) in [7, 11) is 1.44. The van der Waals surface area contributed by atoms with Gasteiger partial charge < -0.3 is 4.74 Å². The highest BCUT2D eigenvalue weighted by Gasteiger charge is 2.38. The molecule has 3 nitrogen and oxygen atoms in total. The van der Waals surface area contributed by atoms with Gasteiger partial charge in [0.1, 0.15) is 23.3 Å². The Morgan fingerprint density at radius 2 is 1.68 bits per heavy atom. The number of nitrogens with zero attached hydrogens (tertiary/aromatic N) is 1. The minimum atomic E-state index is -1.26. The van der Waals surface area contributed by atoms with E-state index in [9.17, 15) is 22.4 Å². The zero-order chi connectivity index (χ0) is 22.1. The lowest BCUT2D eigenvalue weighted by Gasteiger charge is -2.21. The molecule has 158 valence electrons. The summed E-state index contributed by atoms with van der Waals surface area (Å²) >= 11 is 0. The number of allylic oxidation sites excluding steroid dienone is 2. The number of benzene rings is 2. The van der Waals surface area contributed by atoms with Crippen molar-refractivity contribution in [1.82, 2.24) is 4.98 Å². The van der Waals surface area contributed by atoms with Gasteiger partial charge in [-0.25, -0.2) is 22.5 Å². The van der Waals surface area contributed by atoms with Crippen LogP contribution >= 0.6 is 0 Å². The number of hydrogen-bond acceptors (Lipinski definition) is 3. The Hall–Kier alpha value is -3.48. The summed E-state index contributed by atoms with van der Waals surface area (Å²) in [5.74, 6) is -6.04. The van der Waals surface area contributed by atoms with Crippen molar-refractivity contribution < 1.29 is 27.1 Å². The summed E-state index contributed by atoms with van der Waals surface area (Å²) in [5.41, 5.74) is 1.21. The zero-order valence-corrected chi connectivity index (χ0v) is 16.4. The molecule has 1 aromatic heterocycles. The highest BCUT2D eigenvalue weighted by Crippen LogP contribution is 2.46. The van der Waals surface area contributed by atoms with Gasteiger partial charge in [0.2, 0.25) is 5.88 Å². The largest absolute Gasteiger partial charge is 0.481 e. The second-order valence-electron chi connectivity index (χ2n) is 7.25. The van der Waals surface area contributed by atoms with Crippen LogP contribution in [0.1, 0.15) is 33.8 Å². The Bertz CT molecular complexity index is 1150. The van der Waals surface area contributed by atoms with Crippen LogP contribution in [0.3, 0.4) is 0 Å². The molecule has 2 atom stereocenters. The van der Waals surface area contributed by atoms with Crippen LogP contribution in [0.4, 0.5) is 17.6 Å². The van der Waals surface area contributed by atoms with Gasteiger partial charge in [0.15, 0.2) is 5.78 Å². The van der Waals surface area contributed by atoms with E-state index >= 15 is 0 Å². The summed E-state index contributed by atoms with van der Waals surface area (Å²) in [6.07, 6.45) is 3.49. The molecule has 1 aliphatic carbocycles. The van der Waals surface area contributed by atoms with Gasteiger partial charge >= 0.3 is 0 Å². The van der Waals surface area contributed by atoms with Crippen molar-refractivity contribution in [2.24, 2.45) is 5.92 Å². The quantitative estimate of drug-likeness (QED) is 0.386. The number of carbonyl (C=O) groups is 1. The molecule has 3 aromatic rings. The van der Waals surface area contributed by atoms with Gasteiger partial charge in [-0.2, -0.15) is 0 Å². The van der Waals surface area contributed by atoms with E-state index < -0.39 is 46.5 Å². The molecule has 0 saturated heterocycles. The van der Waals surface area contributed by atoms with E-state index in [1.807, 2.05) is 0 Å². The van der Waals surface area contributed by atoms with Gasteiger partial charge in [-0.05, 0) is 35.8 Å². The first-order valence-corrected chi connectivity index (χ1v) is 9.53. The maximum Gasteiger partial charge on any atom is 0.216 e. The number of hydrogen-bond donors (Lipinski definition) is 0. The van der Waals surface area contributed by atoms with Crippen molar-refractivity contribution in [3.8, 4) is 5.88 Å². The first-order chi connectivity index (χ1) is 14.9. The van der Waals surface area contributed by atoms with Crippen LogP contribution in [-0.4, -0.2) is 17.9 Å². The van der Waals surface area contributed by atoms with Gasteiger partial charge in [-0.15, -0.1) is 0 Å². The maximum atomic E-state index is 14.4. The molecule has 0 aliphatic heterocycles. The number of carbonyl (C=O) groups excluding carboxylic acids is 1. The minimum Gasteiger partial charge on any atom is -0.481 e. The molecule has 1 aliphatic rings. The number of Topliss-reactive ketones (excluding diaryl/α,β-unsaturated/α-hetero) is 1. The van der Waals surface area contributed by atoms with Crippen LogP contribution in [-0.2, 0) is 0 Å². The molecule has 0 bridgehead atoms. The Morgan fingerprint density at radius 3 is 2.32 bits per heavy atom. The normalized spacial score (nSPS) is 18.0. The molecule has 0 radical (unpaired) electrons. The fourth-order valence-corrected chi connectivity index (χ4v) is 4.00. The smallest absolute Gasteiger partial charge is 0.216 e. The highest BCUT2D eigenvalue weighted by atomic mass is 19.1. The Kier molecular flexibility index (Phi) is 5.59. The van der Waals surface area contributed by atoms with Crippen molar-refractivity contribution in [2.75, 3.05) is 7.11 Å². The Labute approximate surface area is 176 Å². The van der Waals surface area contributed by atoms with Crippen molar-refractivity contribution in [3.63, 3.8) is 0 Å². The lowest BCUT2D eigenvalue weighted by molar-refractivity contribution is 0.0925. The summed E-state index contributed by atoms with van der Waals surface area (Å²) in [5, 5.41) is 0. The van der Waals surface area contributed by atoms with Crippen LogP contribution in [0.25, 0.3) is 5.57 Å². The van der Waals surface area contributed by atoms with Crippen LogP contribution in [0.2, 0.25) is 0 Å². The average Bonchev–Trinajstić information content (AvgIpc) is 3.18. The molecule has 2 unspecified atom stereocenters. The molecule has 2 aromatic carbocycles. The first kappa shape index (κ1) is 20.8. The third-order valence-electron chi connectivity index (χ3n) is 5.42. The van der Waals surface area contributed by atoms with E-state index in [1.54, 1.807) is 30.3 Å². The third kappa shape index (κ3) is 3.95. The molecular formula is C24H17F4NO2. The van der Waals surface area contributed by atoms with E-state index in [0.717, 1.165) is 5.57 Å². The topological polar surface area (TPSA) is 39.2 Å². The molecule has 0 spiro atoms. The number of ketones is 1. The lowest BCUT2D eigenvalue weighted by atomic mass is 9.83. The van der Waals surface area contributed by atoms with Gasteiger partial charge in [-0.1, -0.05) is 24.3 Å². The number of rotatable bonds is 5. The number of methoxy groups -OCH3 is 1. The van der Waals surface area contributed by atoms with E-state index in [2.05, 4.69) is 4.98 Å². The van der Waals surface area contributed by atoms with Gasteiger partial charge in [0, 0.05) is 35.7 Å². The number of halogens is 4. The molecule has 0 fully saturated rings. The molecule has 4 rings (SSSR count). The molecule has 1 heterocycles. The van der Waals surface area contributed by atoms with E-state index in [4.69, 9.17) is 4.74 Å². The fourth-order valence-electron chi connectivity index (χ4n) is 4.00. The average molecular weight is 427 g/mol. The summed E-state index contributed by atoms with van der Waals surface area (Å²) in [6.45, 7) is 0. The fraction of sp³-hybridized carbons (Fsp3) is 0.167. The monoisotopic (exact) mass is 427 g/mol. The van der Waals surface area contributed by atoms with Crippen LogP contribution in [0.5, 0.6) is 5.88 Å². The van der Waals surface area contributed by atoms with Crippen molar-refractivity contribution in [3.05, 3.63) is 101 Å². The third-order valence-corrected chi connectivity index (χ3v) is 5.42. The Balaban J connectivity index is 1.81. The summed E-state index contributed by atoms with van der Waals surface area (Å²) in [4.78, 5) is 17.4. The summed E-state index contributed by atoms with van der Waals surface area (Å²) < 4.78 is 60.7. The van der Waals surface area contributed by atoms with E-state index in [-0.39, 0.29) is 0 Å². The predicted octanol–water partition coefficient (Wildman–Crippen LogP) is 5.72. The predicted molar refractivity (Wildman–Crippen MR) is 107 cm³/mol. The minimum absolute atomic E-state index is 0.291. The maximum absolute atomic E-state index is 14.4. The molecule has 0 N–H and O–H groups in total. The number of aromatic nitrogens is 1. The van der Waals surface area contributed by atoms with Crippen LogP contribution in [0, 0.1) is 29.2 Å². The molecule has 31 heavy (non-hydrogen) atoms. The molecule has 0 saturated carbocycles. The standard InChI is InChI=1S/C24H17F4NO2/c1-31-24-17(3-2-8-29-24)18-9-14(13-4-6-15(25)7-5-13)10-19(18)23(30)22-20(27)11-16(26)12-21(22)28/h2-8,10-12,18-19H,9H2,1H3. The van der Waals surface area contributed by atoms with Gasteiger partial charge in [0.05, 0.1) is 12.7 Å². The zero-order valence-electron chi connectivity index (χ0n) is 16.4. The number of ether oxygens (including phenoxy) is 1. The van der Waals surface area contributed by atoms with Crippen molar-refractivity contribution in [1.29, 1.82) is 0 Å².